The Labute approximate surface area is 128 Å². The number of tetrazole rings is 1. The quantitative estimate of drug-likeness (QED) is 0.533. The second kappa shape index (κ2) is 6.01. The minimum atomic E-state index is -0.406. The Morgan fingerprint density at radius 3 is 2.70 bits per heavy atom. The molecule has 11 heteroatoms. The zero-order chi connectivity index (χ0) is 16.2. The molecule has 0 saturated carbocycles. The van der Waals surface area contributed by atoms with Gasteiger partial charge in [0.25, 0.3) is 17.8 Å². The lowest BCUT2D eigenvalue weighted by Gasteiger charge is -2.07. The van der Waals surface area contributed by atoms with Crippen molar-refractivity contribution in [1.82, 2.24) is 35.8 Å². The predicted molar refractivity (Wildman–Crippen MR) is 77.6 cm³/mol. The smallest absolute Gasteiger partial charge is 0.270 e. The molecule has 4 N–H and O–H groups in total. The van der Waals surface area contributed by atoms with Crippen LogP contribution in [0.25, 0.3) is 0 Å². The zero-order valence-corrected chi connectivity index (χ0v) is 11.9. The van der Waals surface area contributed by atoms with E-state index in [0.29, 0.717) is 16.7 Å². The van der Waals surface area contributed by atoms with Crippen LogP contribution >= 0.6 is 0 Å². The number of nitrogens with zero attached hydrogens (tertiary/aromatic N) is 5. The number of benzene rings is 1. The summed E-state index contributed by atoms with van der Waals surface area (Å²) in [7, 11) is 0. The molecule has 0 fully saturated rings. The van der Waals surface area contributed by atoms with Crippen molar-refractivity contribution in [3.63, 3.8) is 0 Å². The molecule has 0 atom stereocenters. The van der Waals surface area contributed by atoms with E-state index in [-0.39, 0.29) is 17.8 Å². The van der Waals surface area contributed by atoms with E-state index in [0.717, 1.165) is 0 Å². The first kappa shape index (κ1) is 14.3. The molecule has 1 aromatic carbocycles. The van der Waals surface area contributed by atoms with Crippen LogP contribution in [0.2, 0.25) is 0 Å². The summed E-state index contributed by atoms with van der Waals surface area (Å²) >= 11 is 0. The molecule has 0 aliphatic rings. The van der Waals surface area contributed by atoms with Gasteiger partial charge in [0.15, 0.2) is 0 Å². The third-order valence-electron chi connectivity index (χ3n) is 2.95. The summed E-state index contributed by atoms with van der Waals surface area (Å²) in [5.74, 6) is -0.450. The largest absolute Gasteiger partial charge is 0.291 e. The van der Waals surface area contributed by atoms with Crippen molar-refractivity contribution >= 4 is 23.7 Å². The Bertz CT molecular complexity index is 826. The van der Waals surface area contributed by atoms with Gasteiger partial charge in [-0.05, 0) is 35.9 Å². The van der Waals surface area contributed by atoms with E-state index in [1.807, 2.05) is 0 Å². The van der Waals surface area contributed by atoms with Crippen LogP contribution in [0, 0.1) is 6.92 Å². The summed E-state index contributed by atoms with van der Waals surface area (Å²) in [5, 5.41) is 24.0. The average Bonchev–Trinajstić information content (AvgIpc) is 3.20. The number of H-pyrrole nitrogens is 2. The Morgan fingerprint density at radius 2 is 2.04 bits per heavy atom. The minimum absolute atomic E-state index is 0.0693. The lowest BCUT2D eigenvalue weighted by molar-refractivity contribution is 0.101. The fourth-order valence-electron chi connectivity index (χ4n) is 1.89. The molecule has 0 radical (unpaired) electrons. The molecule has 2 aromatic heterocycles. The maximum Gasteiger partial charge on any atom is 0.270 e. The van der Waals surface area contributed by atoms with Gasteiger partial charge in [0.05, 0.1) is 0 Å². The normalized spacial score (nSPS) is 10.3. The van der Waals surface area contributed by atoms with Crippen LogP contribution in [0.1, 0.15) is 26.3 Å². The molecular formula is C12H11N9O2. The number of aryl methyl sites for hydroxylation is 1. The molecule has 0 bridgehead atoms. The zero-order valence-electron chi connectivity index (χ0n) is 11.9. The summed E-state index contributed by atoms with van der Waals surface area (Å²) in [6, 6.07) is 4.66. The van der Waals surface area contributed by atoms with Gasteiger partial charge in [-0.2, -0.15) is 15.3 Å². The molecular weight excluding hydrogens is 302 g/mol. The summed E-state index contributed by atoms with van der Waals surface area (Å²) in [5.41, 5.74) is 1.41. The molecule has 23 heavy (non-hydrogen) atoms. The van der Waals surface area contributed by atoms with Gasteiger partial charge in [-0.1, -0.05) is 5.10 Å². The van der Waals surface area contributed by atoms with E-state index in [4.69, 9.17) is 0 Å². The number of carbonyl (C=O) groups is 2. The highest BCUT2D eigenvalue weighted by molar-refractivity contribution is 6.07. The van der Waals surface area contributed by atoms with Crippen molar-refractivity contribution in [1.29, 1.82) is 0 Å². The van der Waals surface area contributed by atoms with Crippen molar-refractivity contribution < 1.29 is 9.59 Å². The Morgan fingerprint density at radius 1 is 1.17 bits per heavy atom. The van der Waals surface area contributed by atoms with Gasteiger partial charge in [0.2, 0.25) is 5.95 Å². The average molecular weight is 313 g/mol. The molecule has 0 aliphatic carbocycles. The standard InChI is InChI=1S/C12H11N9O2/c1-6-4-7(9(22)15-12-18-20-21-19-12)2-3-8(6)10(23)16-11-13-5-14-17-11/h2-5H,1H3,(H2,13,14,16,17,23)(H2,15,18,19,20,21,22). The second-order valence-electron chi connectivity index (χ2n) is 4.51. The van der Waals surface area contributed by atoms with Crippen LogP contribution in [-0.2, 0) is 0 Å². The third kappa shape index (κ3) is 3.18. The predicted octanol–water partition coefficient (Wildman–Crippen LogP) is 0.131. The summed E-state index contributed by atoms with van der Waals surface area (Å²) < 4.78 is 0. The van der Waals surface area contributed by atoms with E-state index < -0.39 is 5.91 Å². The van der Waals surface area contributed by atoms with Crippen LogP contribution in [0.5, 0.6) is 0 Å². The van der Waals surface area contributed by atoms with Gasteiger partial charge in [-0.15, -0.1) is 5.10 Å². The lowest BCUT2D eigenvalue weighted by Crippen LogP contribution is -2.17. The number of carbonyl (C=O) groups excluding carboxylic acids is 2. The first-order valence-corrected chi connectivity index (χ1v) is 6.45. The highest BCUT2D eigenvalue weighted by Gasteiger charge is 2.14. The minimum Gasteiger partial charge on any atom is -0.291 e. The molecule has 2 heterocycles. The number of aromatic amines is 2. The maximum atomic E-state index is 12.1. The number of aromatic nitrogens is 7. The van der Waals surface area contributed by atoms with E-state index in [9.17, 15) is 9.59 Å². The van der Waals surface area contributed by atoms with Crippen LogP contribution in [0.4, 0.5) is 11.9 Å². The monoisotopic (exact) mass is 313 g/mol. The van der Waals surface area contributed by atoms with Gasteiger partial charge >= 0.3 is 0 Å². The Hall–Kier alpha value is -3.63. The van der Waals surface area contributed by atoms with Gasteiger partial charge in [0.1, 0.15) is 6.33 Å². The number of amides is 2. The Kier molecular flexibility index (Phi) is 3.74. The Balaban J connectivity index is 1.75. The number of anilines is 2. The summed E-state index contributed by atoms with van der Waals surface area (Å²) in [4.78, 5) is 28.0. The van der Waals surface area contributed by atoms with E-state index in [1.165, 1.54) is 12.4 Å². The van der Waals surface area contributed by atoms with Crippen molar-refractivity contribution in [3.05, 3.63) is 41.2 Å². The molecule has 3 rings (SSSR count). The second-order valence-corrected chi connectivity index (χ2v) is 4.51. The van der Waals surface area contributed by atoms with Crippen LogP contribution in [0.15, 0.2) is 24.5 Å². The van der Waals surface area contributed by atoms with Crippen molar-refractivity contribution in [2.24, 2.45) is 0 Å². The molecule has 0 unspecified atom stereocenters. The molecule has 0 saturated heterocycles. The highest BCUT2D eigenvalue weighted by Crippen LogP contribution is 2.13. The molecule has 0 aliphatic heterocycles. The van der Waals surface area contributed by atoms with Crippen molar-refractivity contribution in [2.45, 2.75) is 6.92 Å². The van der Waals surface area contributed by atoms with Crippen molar-refractivity contribution in [2.75, 3.05) is 10.6 Å². The number of hydrogen-bond acceptors (Lipinski definition) is 7. The molecule has 11 nitrogen and oxygen atoms in total. The molecule has 0 spiro atoms. The number of nitrogens with one attached hydrogen (secondary N) is 4. The third-order valence-corrected chi connectivity index (χ3v) is 2.95. The fraction of sp³-hybridized carbons (Fsp3) is 0.0833. The SMILES string of the molecule is Cc1cc(C(=O)Nc2nn[nH]n2)ccc1C(=O)Nc1ncn[nH]1. The first-order chi connectivity index (χ1) is 11.1. The topological polar surface area (TPSA) is 154 Å². The van der Waals surface area contributed by atoms with Crippen LogP contribution in [0.3, 0.4) is 0 Å². The summed E-state index contributed by atoms with van der Waals surface area (Å²) in [6.07, 6.45) is 1.29. The van der Waals surface area contributed by atoms with Crippen molar-refractivity contribution in [3.8, 4) is 0 Å². The first-order valence-electron chi connectivity index (χ1n) is 6.45. The summed E-state index contributed by atoms with van der Waals surface area (Å²) in [6.45, 7) is 1.72. The van der Waals surface area contributed by atoms with Crippen LogP contribution in [-0.4, -0.2) is 47.6 Å². The molecule has 3 aromatic rings. The number of rotatable bonds is 4. The van der Waals surface area contributed by atoms with Gasteiger partial charge < -0.3 is 0 Å². The lowest BCUT2D eigenvalue weighted by atomic mass is 10.0. The fourth-order valence-corrected chi connectivity index (χ4v) is 1.89. The molecule has 116 valence electrons. The van der Waals surface area contributed by atoms with E-state index in [2.05, 4.69) is 46.4 Å². The highest BCUT2D eigenvalue weighted by atomic mass is 16.2. The van der Waals surface area contributed by atoms with Crippen LogP contribution < -0.4 is 10.6 Å². The van der Waals surface area contributed by atoms with E-state index >= 15 is 0 Å². The van der Waals surface area contributed by atoms with E-state index in [1.54, 1.807) is 19.1 Å². The number of hydrogen-bond donors (Lipinski definition) is 4. The van der Waals surface area contributed by atoms with Gasteiger partial charge in [-0.3, -0.25) is 20.2 Å². The van der Waals surface area contributed by atoms with Gasteiger partial charge in [0, 0.05) is 11.1 Å². The molecule has 2 amide bonds. The maximum absolute atomic E-state index is 12.1. The van der Waals surface area contributed by atoms with Gasteiger partial charge in [-0.25, -0.2) is 5.10 Å².